The number of aromatic nitrogens is 2. The molecule has 3 aromatic heterocycles. The Kier molecular flexibility index (Phi) is 6.30. The molecule has 5 rings (SSSR count). The maximum absolute atomic E-state index is 13.7. The lowest BCUT2D eigenvalue weighted by atomic mass is 10.0. The van der Waals surface area contributed by atoms with Gasteiger partial charge in [-0.15, -0.1) is 0 Å². The third-order valence-corrected chi connectivity index (χ3v) is 6.70. The van der Waals surface area contributed by atoms with Crippen LogP contribution in [0.15, 0.2) is 45.3 Å². The number of carbonyl (C=O) groups is 1. The number of carbonyl (C=O) groups excluding carboxylic acids is 1. The van der Waals surface area contributed by atoms with E-state index in [1.54, 1.807) is 7.11 Å². The molecule has 4 heterocycles. The molecule has 1 aliphatic rings. The quantitative estimate of drug-likeness (QED) is 0.409. The van der Waals surface area contributed by atoms with E-state index in [1.165, 1.54) is 5.56 Å². The number of ether oxygens (including phenoxy) is 1. The molecular formula is C27H30N4O4. The van der Waals surface area contributed by atoms with Crippen molar-refractivity contribution in [2.75, 3.05) is 39.8 Å². The summed E-state index contributed by atoms with van der Waals surface area (Å²) in [7, 11) is 1.68. The molecule has 0 N–H and O–H groups in total. The van der Waals surface area contributed by atoms with Crippen LogP contribution in [0.3, 0.4) is 0 Å². The first-order valence-electron chi connectivity index (χ1n) is 11.9. The minimum atomic E-state index is -0.0161. The molecule has 35 heavy (non-hydrogen) atoms. The lowest BCUT2D eigenvalue weighted by Gasteiger charge is -2.35. The van der Waals surface area contributed by atoms with Gasteiger partial charge in [-0.3, -0.25) is 9.69 Å². The van der Waals surface area contributed by atoms with Crippen LogP contribution in [0.2, 0.25) is 0 Å². The molecule has 0 spiro atoms. The second-order valence-electron chi connectivity index (χ2n) is 9.06. The van der Waals surface area contributed by atoms with Crippen LogP contribution >= 0.6 is 0 Å². The van der Waals surface area contributed by atoms with Crippen molar-refractivity contribution in [3.8, 4) is 17.0 Å². The molecule has 1 aliphatic heterocycles. The number of pyridine rings is 1. The molecule has 182 valence electrons. The molecule has 0 bridgehead atoms. The third kappa shape index (κ3) is 4.66. The van der Waals surface area contributed by atoms with Gasteiger partial charge < -0.3 is 18.6 Å². The second kappa shape index (κ2) is 9.54. The standard InChI is InChI=1S/C27H30N4O4/c1-17-15-22(19(3)34-17)24-16-23(25-18(2)29-35-26(25)28-24)27(32)31-13-11-30(12-14-31)10-9-20-5-7-21(33-4)8-6-20/h5-8,15-16H,9-14H2,1-4H3. The summed E-state index contributed by atoms with van der Waals surface area (Å²) >= 11 is 0. The minimum Gasteiger partial charge on any atom is -0.497 e. The molecule has 8 heteroatoms. The van der Waals surface area contributed by atoms with E-state index in [1.807, 2.05) is 49.9 Å². The van der Waals surface area contributed by atoms with Crippen molar-refractivity contribution >= 4 is 17.0 Å². The summed E-state index contributed by atoms with van der Waals surface area (Å²) in [5, 5.41) is 4.75. The van der Waals surface area contributed by atoms with Gasteiger partial charge in [-0.25, -0.2) is 4.98 Å². The zero-order valence-corrected chi connectivity index (χ0v) is 20.6. The van der Waals surface area contributed by atoms with Crippen LogP contribution < -0.4 is 4.74 Å². The van der Waals surface area contributed by atoms with E-state index in [-0.39, 0.29) is 5.91 Å². The third-order valence-electron chi connectivity index (χ3n) is 6.70. The molecule has 1 aromatic carbocycles. The maximum Gasteiger partial charge on any atom is 0.259 e. The number of benzene rings is 1. The highest BCUT2D eigenvalue weighted by Gasteiger charge is 2.27. The Morgan fingerprint density at radius 2 is 1.80 bits per heavy atom. The first-order chi connectivity index (χ1) is 16.9. The topological polar surface area (TPSA) is 84.8 Å². The Morgan fingerprint density at radius 3 is 2.46 bits per heavy atom. The summed E-state index contributed by atoms with van der Waals surface area (Å²) in [4.78, 5) is 22.6. The van der Waals surface area contributed by atoms with Gasteiger partial charge in [0.05, 0.1) is 29.4 Å². The second-order valence-corrected chi connectivity index (χ2v) is 9.06. The summed E-state index contributed by atoms with van der Waals surface area (Å²) in [5.41, 5.74) is 4.41. The van der Waals surface area contributed by atoms with Crippen LogP contribution in [-0.2, 0) is 6.42 Å². The molecular weight excluding hydrogens is 444 g/mol. The summed E-state index contributed by atoms with van der Waals surface area (Å²) < 4.78 is 16.4. The fourth-order valence-electron chi connectivity index (χ4n) is 4.71. The summed E-state index contributed by atoms with van der Waals surface area (Å²) in [5.74, 6) is 2.41. The number of hydrogen-bond donors (Lipinski definition) is 0. The summed E-state index contributed by atoms with van der Waals surface area (Å²) in [6.45, 7) is 9.62. The lowest BCUT2D eigenvalue weighted by molar-refractivity contribution is 0.0640. The SMILES string of the molecule is COc1ccc(CCN2CCN(C(=O)c3cc(-c4cc(C)oc4C)nc4onc(C)c34)CC2)cc1. The fraction of sp³-hybridized carbons (Fsp3) is 0.370. The van der Waals surface area contributed by atoms with Crippen molar-refractivity contribution in [3.05, 3.63) is 64.7 Å². The van der Waals surface area contributed by atoms with Crippen LogP contribution in [0.1, 0.15) is 33.1 Å². The molecule has 0 saturated carbocycles. The molecule has 8 nitrogen and oxygen atoms in total. The van der Waals surface area contributed by atoms with Crippen LogP contribution in [0, 0.1) is 20.8 Å². The minimum absolute atomic E-state index is 0.0161. The molecule has 1 amide bonds. The average molecular weight is 475 g/mol. The number of rotatable bonds is 6. The van der Waals surface area contributed by atoms with Gasteiger partial charge in [-0.05, 0) is 57.0 Å². The van der Waals surface area contributed by atoms with Gasteiger partial charge in [0.2, 0.25) is 0 Å². The van der Waals surface area contributed by atoms with Gasteiger partial charge in [-0.1, -0.05) is 17.3 Å². The van der Waals surface area contributed by atoms with E-state index < -0.39 is 0 Å². The first-order valence-corrected chi connectivity index (χ1v) is 11.9. The van der Waals surface area contributed by atoms with Gasteiger partial charge in [0.15, 0.2) is 0 Å². The zero-order valence-electron chi connectivity index (χ0n) is 20.6. The van der Waals surface area contributed by atoms with E-state index >= 15 is 0 Å². The fourth-order valence-corrected chi connectivity index (χ4v) is 4.71. The first kappa shape index (κ1) is 23.1. The molecule has 1 fully saturated rings. The number of furan rings is 1. The summed E-state index contributed by atoms with van der Waals surface area (Å²) in [6, 6.07) is 12.0. The van der Waals surface area contributed by atoms with Gasteiger partial charge >= 0.3 is 0 Å². The number of methoxy groups -OCH3 is 1. The highest BCUT2D eigenvalue weighted by molar-refractivity contribution is 6.07. The summed E-state index contributed by atoms with van der Waals surface area (Å²) in [6.07, 6.45) is 0.968. The molecule has 4 aromatic rings. The van der Waals surface area contributed by atoms with E-state index in [4.69, 9.17) is 13.7 Å². The molecule has 0 radical (unpaired) electrons. The van der Waals surface area contributed by atoms with Gasteiger partial charge in [0.25, 0.3) is 11.6 Å². The largest absolute Gasteiger partial charge is 0.497 e. The van der Waals surface area contributed by atoms with Crippen LogP contribution in [0.4, 0.5) is 0 Å². The number of aryl methyl sites for hydroxylation is 3. The molecule has 0 aliphatic carbocycles. The van der Waals surface area contributed by atoms with E-state index in [0.29, 0.717) is 41.1 Å². The Bertz CT molecular complexity index is 1350. The number of hydrogen-bond acceptors (Lipinski definition) is 7. The van der Waals surface area contributed by atoms with Crippen LogP contribution in [-0.4, -0.2) is 65.7 Å². The van der Waals surface area contributed by atoms with Gasteiger partial charge in [-0.2, -0.15) is 0 Å². The van der Waals surface area contributed by atoms with E-state index in [9.17, 15) is 4.79 Å². The van der Waals surface area contributed by atoms with Crippen molar-refractivity contribution in [3.63, 3.8) is 0 Å². The van der Waals surface area contributed by atoms with Gasteiger partial charge in [0, 0.05) is 38.3 Å². The maximum atomic E-state index is 13.7. The molecule has 0 atom stereocenters. The Hall–Kier alpha value is -3.65. The highest BCUT2D eigenvalue weighted by Crippen LogP contribution is 2.31. The molecule has 1 saturated heterocycles. The number of amides is 1. The number of fused-ring (bicyclic) bond motifs is 1. The Balaban J connectivity index is 1.30. The predicted molar refractivity (Wildman–Crippen MR) is 133 cm³/mol. The highest BCUT2D eigenvalue weighted by atomic mass is 16.5. The molecule has 0 unspecified atom stereocenters. The lowest BCUT2D eigenvalue weighted by Crippen LogP contribution is -2.49. The van der Waals surface area contributed by atoms with Crippen molar-refractivity contribution in [1.82, 2.24) is 19.9 Å². The van der Waals surface area contributed by atoms with E-state index in [0.717, 1.165) is 48.9 Å². The van der Waals surface area contributed by atoms with Crippen molar-refractivity contribution < 1.29 is 18.5 Å². The van der Waals surface area contributed by atoms with Crippen molar-refractivity contribution in [2.45, 2.75) is 27.2 Å². The van der Waals surface area contributed by atoms with E-state index in [2.05, 4.69) is 27.2 Å². The monoisotopic (exact) mass is 474 g/mol. The zero-order chi connectivity index (χ0) is 24.5. The van der Waals surface area contributed by atoms with Crippen LogP contribution in [0.5, 0.6) is 5.75 Å². The predicted octanol–water partition coefficient (Wildman–Crippen LogP) is 4.42. The number of piperazine rings is 1. The number of nitrogens with zero attached hydrogens (tertiary/aromatic N) is 4. The average Bonchev–Trinajstić information content (AvgIpc) is 3.43. The van der Waals surface area contributed by atoms with Gasteiger partial charge in [0.1, 0.15) is 17.3 Å². The van der Waals surface area contributed by atoms with Crippen molar-refractivity contribution in [1.29, 1.82) is 0 Å². The van der Waals surface area contributed by atoms with Crippen LogP contribution in [0.25, 0.3) is 22.4 Å². The van der Waals surface area contributed by atoms with Crippen molar-refractivity contribution in [2.24, 2.45) is 0 Å². The Labute approximate surface area is 204 Å². The Morgan fingerprint density at radius 1 is 1.06 bits per heavy atom. The smallest absolute Gasteiger partial charge is 0.259 e. The normalized spacial score (nSPS) is 14.6.